The lowest BCUT2D eigenvalue weighted by Crippen LogP contribution is -1.99. The topological polar surface area (TPSA) is 48.3 Å². The summed E-state index contributed by atoms with van der Waals surface area (Å²) in [4.78, 5) is 0.320. The van der Waals surface area contributed by atoms with E-state index in [0.29, 0.717) is 4.90 Å². The number of methoxy groups -OCH3 is 1. The zero-order valence-corrected chi connectivity index (χ0v) is 14.7. The van der Waals surface area contributed by atoms with Gasteiger partial charge in [-0.3, -0.25) is 0 Å². The van der Waals surface area contributed by atoms with Gasteiger partial charge in [0.1, 0.15) is 5.75 Å². The quantitative estimate of drug-likeness (QED) is 0.724. The van der Waals surface area contributed by atoms with Crippen molar-refractivity contribution in [2.75, 3.05) is 13.4 Å². The Morgan fingerprint density at radius 1 is 0.917 bits per heavy atom. The number of ether oxygens (including phenoxy) is 1. The van der Waals surface area contributed by atoms with Crippen LogP contribution in [0.5, 0.6) is 5.75 Å². The molecule has 0 aliphatic carbocycles. The molecule has 5 heteroatoms. The molecule has 0 N–H and O–H groups in total. The molecule has 0 saturated carbocycles. The molecule has 3 rings (SSSR count). The van der Waals surface area contributed by atoms with E-state index in [4.69, 9.17) is 4.74 Å². The van der Waals surface area contributed by atoms with Gasteiger partial charge < -0.3 is 9.30 Å². The predicted octanol–water partition coefficient (Wildman–Crippen LogP) is 3.86. The first-order chi connectivity index (χ1) is 11.4. The summed E-state index contributed by atoms with van der Waals surface area (Å²) in [6, 6.07) is 16.9. The van der Waals surface area contributed by atoms with Gasteiger partial charge in [-0.15, -0.1) is 0 Å². The standard InChI is InChI=1S/C19H19NO3S/c1-14-12-13-20(16-6-10-18(11-7-16)24(3,21)22)19(14)15-4-8-17(23-2)9-5-15/h4-13H,1-3H3. The van der Waals surface area contributed by atoms with Gasteiger partial charge in [-0.1, -0.05) is 0 Å². The van der Waals surface area contributed by atoms with Crippen LogP contribution >= 0.6 is 0 Å². The van der Waals surface area contributed by atoms with Crippen LogP contribution in [-0.4, -0.2) is 26.4 Å². The number of rotatable bonds is 4. The Bertz CT molecular complexity index is 953. The molecule has 0 bridgehead atoms. The van der Waals surface area contributed by atoms with Crippen LogP contribution in [0.15, 0.2) is 65.7 Å². The molecule has 0 saturated heterocycles. The van der Waals surface area contributed by atoms with Gasteiger partial charge in [0, 0.05) is 18.1 Å². The Hall–Kier alpha value is -2.53. The fourth-order valence-electron chi connectivity index (χ4n) is 2.71. The van der Waals surface area contributed by atoms with Crippen molar-refractivity contribution in [3.63, 3.8) is 0 Å². The summed E-state index contributed by atoms with van der Waals surface area (Å²) in [6.07, 6.45) is 3.20. The molecule has 0 amide bonds. The fraction of sp³-hybridized carbons (Fsp3) is 0.158. The zero-order valence-electron chi connectivity index (χ0n) is 13.9. The highest BCUT2D eigenvalue weighted by molar-refractivity contribution is 7.90. The van der Waals surface area contributed by atoms with Crippen molar-refractivity contribution in [3.8, 4) is 22.7 Å². The fourth-order valence-corrected chi connectivity index (χ4v) is 3.35. The minimum absolute atomic E-state index is 0.320. The van der Waals surface area contributed by atoms with Crippen LogP contribution < -0.4 is 4.74 Å². The van der Waals surface area contributed by atoms with Crippen LogP contribution in [0.4, 0.5) is 0 Å². The van der Waals surface area contributed by atoms with E-state index < -0.39 is 9.84 Å². The highest BCUT2D eigenvalue weighted by Crippen LogP contribution is 2.29. The highest BCUT2D eigenvalue weighted by atomic mass is 32.2. The summed E-state index contributed by atoms with van der Waals surface area (Å²) in [5, 5.41) is 0. The largest absolute Gasteiger partial charge is 0.497 e. The maximum atomic E-state index is 11.6. The average Bonchev–Trinajstić information content (AvgIpc) is 2.96. The molecule has 4 nitrogen and oxygen atoms in total. The third kappa shape index (κ3) is 3.08. The van der Waals surface area contributed by atoms with Crippen LogP contribution in [0.3, 0.4) is 0 Å². The molecule has 3 aromatic rings. The third-order valence-electron chi connectivity index (χ3n) is 3.99. The van der Waals surface area contributed by atoms with Crippen LogP contribution in [0.2, 0.25) is 0 Å². The van der Waals surface area contributed by atoms with E-state index in [2.05, 4.69) is 11.5 Å². The first-order valence-electron chi connectivity index (χ1n) is 7.53. The maximum absolute atomic E-state index is 11.6. The molecule has 0 aliphatic heterocycles. The van der Waals surface area contributed by atoms with E-state index in [9.17, 15) is 8.42 Å². The molecular weight excluding hydrogens is 322 g/mol. The monoisotopic (exact) mass is 341 g/mol. The van der Waals surface area contributed by atoms with Gasteiger partial charge >= 0.3 is 0 Å². The van der Waals surface area contributed by atoms with Crippen molar-refractivity contribution in [3.05, 3.63) is 66.4 Å². The van der Waals surface area contributed by atoms with Crippen LogP contribution in [0, 0.1) is 6.92 Å². The molecule has 0 radical (unpaired) electrons. The van der Waals surface area contributed by atoms with E-state index in [1.54, 1.807) is 19.2 Å². The minimum Gasteiger partial charge on any atom is -0.497 e. The van der Waals surface area contributed by atoms with Crippen molar-refractivity contribution in [1.29, 1.82) is 0 Å². The molecule has 0 aliphatic rings. The van der Waals surface area contributed by atoms with E-state index in [1.807, 2.05) is 48.7 Å². The lowest BCUT2D eigenvalue weighted by Gasteiger charge is -2.12. The molecule has 24 heavy (non-hydrogen) atoms. The number of aromatic nitrogens is 1. The summed E-state index contributed by atoms with van der Waals surface area (Å²) in [5.74, 6) is 0.812. The number of nitrogens with zero attached hydrogens (tertiary/aromatic N) is 1. The van der Waals surface area contributed by atoms with E-state index in [1.165, 1.54) is 6.26 Å². The first-order valence-corrected chi connectivity index (χ1v) is 9.42. The molecule has 0 fully saturated rings. The van der Waals surface area contributed by atoms with Crippen molar-refractivity contribution in [2.45, 2.75) is 11.8 Å². The molecule has 0 spiro atoms. The van der Waals surface area contributed by atoms with Crippen molar-refractivity contribution in [2.24, 2.45) is 0 Å². The van der Waals surface area contributed by atoms with Crippen molar-refractivity contribution < 1.29 is 13.2 Å². The Morgan fingerprint density at radius 2 is 1.54 bits per heavy atom. The second-order valence-corrected chi connectivity index (χ2v) is 7.73. The number of benzene rings is 2. The smallest absolute Gasteiger partial charge is 0.175 e. The SMILES string of the molecule is COc1ccc(-c2c(C)ccn2-c2ccc(S(C)(=O)=O)cc2)cc1. The Balaban J connectivity index is 2.06. The van der Waals surface area contributed by atoms with E-state index in [0.717, 1.165) is 28.3 Å². The number of sulfone groups is 1. The van der Waals surface area contributed by atoms with E-state index >= 15 is 0 Å². The lowest BCUT2D eigenvalue weighted by molar-refractivity contribution is 0.415. The lowest BCUT2D eigenvalue weighted by atomic mass is 10.1. The van der Waals surface area contributed by atoms with Gasteiger partial charge in [0.2, 0.25) is 0 Å². The van der Waals surface area contributed by atoms with Crippen molar-refractivity contribution in [1.82, 2.24) is 4.57 Å². The molecule has 0 unspecified atom stereocenters. The summed E-state index contributed by atoms with van der Waals surface area (Å²) < 4.78 is 30.5. The third-order valence-corrected chi connectivity index (χ3v) is 5.12. The number of hydrogen-bond acceptors (Lipinski definition) is 3. The van der Waals surface area contributed by atoms with Gasteiger partial charge in [0.15, 0.2) is 9.84 Å². The van der Waals surface area contributed by atoms with Gasteiger partial charge in [-0.25, -0.2) is 8.42 Å². The molecule has 1 aromatic heterocycles. The first kappa shape index (κ1) is 16.3. The molecule has 2 aromatic carbocycles. The van der Waals surface area contributed by atoms with E-state index in [-0.39, 0.29) is 0 Å². The highest BCUT2D eigenvalue weighted by Gasteiger charge is 2.12. The Labute approximate surface area is 142 Å². The second kappa shape index (κ2) is 6.17. The van der Waals surface area contributed by atoms with Crippen LogP contribution in [-0.2, 0) is 9.84 Å². The zero-order chi connectivity index (χ0) is 17.3. The molecule has 1 heterocycles. The second-order valence-electron chi connectivity index (χ2n) is 5.71. The molecule has 0 atom stereocenters. The predicted molar refractivity (Wildman–Crippen MR) is 95.6 cm³/mol. The van der Waals surface area contributed by atoms with Gasteiger partial charge in [-0.2, -0.15) is 0 Å². The Kier molecular flexibility index (Phi) is 4.20. The summed E-state index contributed by atoms with van der Waals surface area (Å²) in [5.41, 5.74) is 4.21. The van der Waals surface area contributed by atoms with Gasteiger partial charge in [0.05, 0.1) is 17.7 Å². The maximum Gasteiger partial charge on any atom is 0.175 e. The van der Waals surface area contributed by atoms with Crippen LogP contribution in [0.25, 0.3) is 16.9 Å². The van der Waals surface area contributed by atoms with Crippen molar-refractivity contribution >= 4 is 9.84 Å². The normalized spacial score (nSPS) is 11.5. The Morgan fingerprint density at radius 3 is 2.08 bits per heavy atom. The number of hydrogen-bond donors (Lipinski definition) is 0. The van der Waals surface area contributed by atoms with Gasteiger partial charge in [-0.05, 0) is 72.6 Å². The van der Waals surface area contributed by atoms with Crippen LogP contribution in [0.1, 0.15) is 5.56 Å². The average molecular weight is 341 g/mol. The molecule has 124 valence electrons. The molecular formula is C19H19NO3S. The van der Waals surface area contributed by atoms with Gasteiger partial charge in [0.25, 0.3) is 0 Å². The summed E-state index contributed by atoms with van der Waals surface area (Å²) >= 11 is 0. The number of aryl methyl sites for hydroxylation is 1. The minimum atomic E-state index is -3.19. The summed E-state index contributed by atoms with van der Waals surface area (Å²) in [6.45, 7) is 2.06. The summed E-state index contributed by atoms with van der Waals surface area (Å²) in [7, 11) is -1.54.